The first-order valence-electron chi connectivity index (χ1n) is 15.4. The number of aromatic hydroxyl groups is 1. The fourth-order valence-electron chi connectivity index (χ4n) is 8.50. The van der Waals surface area contributed by atoms with Crippen LogP contribution in [0, 0.1) is 23.6 Å². The minimum Gasteiger partial charge on any atom is -0.508 e. The Bertz CT molecular complexity index is 1520. The van der Waals surface area contributed by atoms with Crippen molar-refractivity contribution < 1.29 is 14.2 Å². The second kappa shape index (κ2) is 9.66. The minimum absolute atomic E-state index is 0.00180. The maximum absolute atomic E-state index is 16.6. The summed E-state index contributed by atoms with van der Waals surface area (Å²) in [6, 6.07) is 3.34. The van der Waals surface area contributed by atoms with Gasteiger partial charge in [-0.05, 0) is 99.3 Å². The molecule has 216 valence electrons. The van der Waals surface area contributed by atoms with E-state index in [0.29, 0.717) is 40.3 Å². The van der Waals surface area contributed by atoms with Crippen LogP contribution in [0.2, 0.25) is 5.02 Å². The lowest BCUT2D eigenvalue weighted by Gasteiger charge is -2.34. The SMILES string of the molecule is C[C@H]1CN2CCC[C@@]2(COc2nc(N3CC4CCC(C4)C3)c3cnc(-c4cc(O)cc(Cl)c4C4CC4)c(F)c3n2)C1. The van der Waals surface area contributed by atoms with E-state index in [1.54, 1.807) is 12.3 Å². The van der Waals surface area contributed by atoms with Crippen molar-refractivity contribution in [2.24, 2.45) is 17.8 Å². The van der Waals surface area contributed by atoms with Gasteiger partial charge in [0.25, 0.3) is 0 Å². The van der Waals surface area contributed by atoms with Crippen molar-refractivity contribution in [1.29, 1.82) is 0 Å². The first-order valence-corrected chi connectivity index (χ1v) is 15.8. The lowest BCUT2D eigenvalue weighted by molar-refractivity contribution is 0.107. The van der Waals surface area contributed by atoms with E-state index in [1.807, 2.05) is 0 Å². The van der Waals surface area contributed by atoms with Gasteiger partial charge in [0.2, 0.25) is 0 Å². The van der Waals surface area contributed by atoms with Crippen LogP contribution in [0.25, 0.3) is 22.2 Å². The largest absolute Gasteiger partial charge is 0.508 e. The number of piperidine rings is 1. The van der Waals surface area contributed by atoms with Crippen molar-refractivity contribution in [2.75, 3.05) is 37.7 Å². The molecule has 7 nitrogen and oxygen atoms in total. The number of hydrogen-bond donors (Lipinski definition) is 1. The van der Waals surface area contributed by atoms with Crippen LogP contribution in [-0.4, -0.2) is 63.3 Å². The Morgan fingerprint density at radius 2 is 1.93 bits per heavy atom. The van der Waals surface area contributed by atoms with Crippen molar-refractivity contribution in [3.63, 3.8) is 0 Å². The number of aromatic nitrogens is 3. The molecule has 8 rings (SSSR count). The fraction of sp³-hybridized carbons (Fsp3) is 0.594. The molecule has 2 saturated carbocycles. The first kappa shape index (κ1) is 26.0. The smallest absolute Gasteiger partial charge is 0.319 e. The Balaban J connectivity index is 1.23. The number of fused-ring (bicyclic) bond motifs is 4. The number of phenols is 1. The average Bonchev–Trinajstić information content (AvgIpc) is 3.52. The van der Waals surface area contributed by atoms with Crippen molar-refractivity contribution >= 4 is 28.3 Å². The second-order valence-corrected chi connectivity index (χ2v) is 13.9. The lowest BCUT2D eigenvalue weighted by Crippen LogP contribution is -2.43. The van der Waals surface area contributed by atoms with Gasteiger partial charge in [0, 0.05) is 36.4 Å². The van der Waals surface area contributed by atoms with Gasteiger partial charge in [0.1, 0.15) is 29.4 Å². The molecule has 5 heterocycles. The maximum atomic E-state index is 16.6. The molecule has 5 fully saturated rings. The molecule has 3 saturated heterocycles. The molecule has 1 N–H and O–H groups in total. The third-order valence-corrected chi connectivity index (χ3v) is 10.7. The van der Waals surface area contributed by atoms with E-state index in [9.17, 15) is 5.11 Å². The number of halogens is 2. The van der Waals surface area contributed by atoms with Crippen LogP contribution in [-0.2, 0) is 0 Å². The standard InChI is InChI=1S/C32H37ClFN5O2/c1-18-12-32(7-2-8-39(32)14-18)17-41-31-36-29-24(30(37-31)38-15-19-3-4-20(9-19)16-38)13-35-28(27(29)34)23-10-22(40)11-25(33)26(23)21-5-6-21/h10-11,13,18-21,40H,2-9,12,14-17H2,1H3/t18-,19?,20?,32+/m1/s1. The van der Waals surface area contributed by atoms with Crippen molar-refractivity contribution in [2.45, 2.75) is 69.7 Å². The first-order chi connectivity index (χ1) is 19.9. The number of pyridine rings is 1. The zero-order valence-corrected chi connectivity index (χ0v) is 24.3. The van der Waals surface area contributed by atoms with Gasteiger partial charge in [0.15, 0.2) is 5.82 Å². The summed E-state index contributed by atoms with van der Waals surface area (Å²) in [5.74, 6) is 2.37. The third-order valence-electron chi connectivity index (χ3n) is 10.4. The number of benzene rings is 1. The molecule has 1 aromatic carbocycles. The quantitative estimate of drug-likeness (QED) is 0.356. The highest BCUT2D eigenvalue weighted by Gasteiger charge is 2.48. The van der Waals surface area contributed by atoms with Gasteiger partial charge < -0.3 is 14.7 Å². The van der Waals surface area contributed by atoms with Crippen LogP contribution >= 0.6 is 11.6 Å². The number of phenolic OH excluding ortho intramolecular Hbond substituents is 1. The van der Waals surface area contributed by atoms with Crippen molar-refractivity contribution in [3.8, 4) is 23.0 Å². The monoisotopic (exact) mass is 577 g/mol. The summed E-state index contributed by atoms with van der Waals surface area (Å²) in [4.78, 5) is 19.2. The normalized spacial score (nSPS) is 29.4. The molecule has 2 aromatic heterocycles. The zero-order chi connectivity index (χ0) is 27.9. The predicted octanol–water partition coefficient (Wildman–Crippen LogP) is 6.56. The molecule has 0 radical (unpaired) electrons. The molecule has 41 heavy (non-hydrogen) atoms. The van der Waals surface area contributed by atoms with E-state index in [-0.39, 0.29) is 34.4 Å². The van der Waals surface area contributed by atoms with E-state index in [4.69, 9.17) is 26.3 Å². The Kier molecular flexibility index (Phi) is 6.12. The van der Waals surface area contributed by atoms with E-state index < -0.39 is 5.82 Å². The topological polar surface area (TPSA) is 74.6 Å². The summed E-state index contributed by atoms with van der Waals surface area (Å²) >= 11 is 6.57. The van der Waals surface area contributed by atoms with Gasteiger partial charge in [-0.15, -0.1) is 0 Å². The minimum atomic E-state index is -0.519. The molecule has 2 unspecified atom stereocenters. The number of anilines is 1. The summed E-state index contributed by atoms with van der Waals surface area (Å²) in [6.45, 7) is 6.85. The second-order valence-electron chi connectivity index (χ2n) is 13.5. The van der Waals surface area contributed by atoms with Gasteiger partial charge in [-0.3, -0.25) is 9.88 Å². The highest BCUT2D eigenvalue weighted by Crippen LogP contribution is 2.49. The summed E-state index contributed by atoms with van der Waals surface area (Å²) < 4.78 is 23.0. The maximum Gasteiger partial charge on any atom is 0.319 e. The van der Waals surface area contributed by atoms with Crippen LogP contribution in [0.5, 0.6) is 11.8 Å². The molecular formula is C32H37ClFN5O2. The van der Waals surface area contributed by atoms with Crippen molar-refractivity contribution in [3.05, 3.63) is 34.7 Å². The molecule has 0 amide bonds. The van der Waals surface area contributed by atoms with Crippen LogP contribution in [0.1, 0.15) is 69.8 Å². The Labute approximate surface area is 245 Å². The van der Waals surface area contributed by atoms with Gasteiger partial charge in [0.05, 0.1) is 10.9 Å². The number of hydrogen-bond acceptors (Lipinski definition) is 7. The number of ether oxygens (including phenoxy) is 1. The van der Waals surface area contributed by atoms with Crippen LogP contribution < -0.4 is 9.64 Å². The third kappa shape index (κ3) is 4.44. The lowest BCUT2D eigenvalue weighted by atomic mass is 9.92. The van der Waals surface area contributed by atoms with Gasteiger partial charge in [-0.2, -0.15) is 9.97 Å². The summed E-state index contributed by atoms with van der Waals surface area (Å²) in [7, 11) is 0. The molecule has 3 aromatic rings. The molecule has 2 bridgehead atoms. The molecule has 9 heteroatoms. The van der Waals surface area contributed by atoms with Crippen LogP contribution in [0.3, 0.4) is 0 Å². The van der Waals surface area contributed by atoms with E-state index >= 15 is 4.39 Å². The van der Waals surface area contributed by atoms with Gasteiger partial charge in [-0.25, -0.2) is 4.39 Å². The fourth-order valence-corrected chi connectivity index (χ4v) is 8.87. The Morgan fingerprint density at radius 3 is 2.71 bits per heavy atom. The molecule has 4 atom stereocenters. The van der Waals surface area contributed by atoms with Crippen LogP contribution in [0.4, 0.5) is 10.2 Å². The van der Waals surface area contributed by atoms with Crippen molar-refractivity contribution in [1.82, 2.24) is 19.9 Å². The Hall–Kier alpha value is -2.71. The average molecular weight is 578 g/mol. The number of nitrogens with zero attached hydrogens (tertiary/aromatic N) is 5. The highest BCUT2D eigenvalue weighted by atomic mass is 35.5. The molecule has 5 aliphatic rings. The molecule has 3 aliphatic heterocycles. The van der Waals surface area contributed by atoms with E-state index in [1.165, 1.54) is 31.7 Å². The predicted molar refractivity (Wildman–Crippen MR) is 157 cm³/mol. The highest BCUT2D eigenvalue weighted by molar-refractivity contribution is 6.32. The molecule has 0 spiro atoms. The molecule has 2 aliphatic carbocycles. The van der Waals surface area contributed by atoms with E-state index in [0.717, 1.165) is 63.2 Å². The number of rotatable bonds is 6. The van der Waals surface area contributed by atoms with Crippen LogP contribution in [0.15, 0.2) is 18.3 Å². The summed E-state index contributed by atoms with van der Waals surface area (Å²) in [6.07, 6.45) is 10.8. The Morgan fingerprint density at radius 1 is 1.12 bits per heavy atom. The van der Waals surface area contributed by atoms with Gasteiger partial charge >= 0.3 is 6.01 Å². The summed E-state index contributed by atoms with van der Waals surface area (Å²) in [5, 5.41) is 11.4. The summed E-state index contributed by atoms with van der Waals surface area (Å²) in [5.41, 5.74) is 1.79. The van der Waals surface area contributed by atoms with E-state index in [2.05, 4.69) is 21.7 Å². The zero-order valence-electron chi connectivity index (χ0n) is 23.6. The molecular weight excluding hydrogens is 541 g/mol. The van der Waals surface area contributed by atoms with Gasteiger partial charge in [-0.1, -0.05) is 18.5 Å².